The highest BCUT2D eigenvalue weighted by Crippen LogP contribution is 2.28. The van der Waals surface area contributed by atoms with Gasteiger partial charge in [0.15, 0.2) is 17.1 Å². The summed E-state index contributed by atoms with van der Waals surface area (Å²) < 4.78 is 18.2. The quantitative estimate of drug-likeness (QED) is 0.337. The van der Waals surface area contributed by atoms with Crippen molar-refractivity contribution in [1.82, 2.24) is 44.8 Å². The molecule has 0 N–H and O–H groups in total. The van der Waals surface area contributed by atoms with Gasteiger partial charge in [-0.1, -0.05) is 11.2 Å². The van der Waals surface area contributed by atoms with E-state index >= 15 is 0 Å². The summed E-state index contributed by atoms with van der Waals surface area (Å²) in [6, 6.07) is 9.41. The highest BCUT2D eigenvalue weighted by molar-refractivity contribution is 5.56. The van der Waals surface area contributed by atoms with Gasteiger partial charge < -0.3 is 14.0 Å². The van der Waals surface area contributed by atoms with E-state index in [1.54, 1.807) is 36.2 Å². The topological polar surface area (TPSA) is 129 Å². The summed E-state index contributed by atoms with van der Waals surface area (Å²) in [6.07, 6.45) is 4.40. The average Bonchev–Trinajstić information content (AvgIpc) is 3.52. The number of pyridine rings is 1. The van der Waals surface area contributed by atoms with Crippen LogP contribution in [0.4, 0.5) is 0 Å². The first-order chi connectivity index (χ1) is 17.7. The Bertz CT molecular complexity index is 1520. The SMILES string of the molecule is COc1cc2nnc(-c3cc(C)on3)n2nc1OCc1ccc2c(n1)CCN(Cc1ncccn1)C2. The lowest BCUT2D eigenvalue weighted by atomic mass is 10.0. The number of hydrogen-bond donors (Lipinski definition) is 0. The molecule has 0 aromatic carbocycles. The minimum atomic E-state index is 0.240. The number of aromatic nitrogens is 8. The Balaban J connectivity index is 1.18. The molecule has 6 rings (SSSR count). The van der Waals surface area contributed by atoms with Crippen molar-refractivity contribution in [2.45, 2.75) is 33.0 Å². The third-order valence-corrected chi connectivity index (χ3v) is 5.93. The summed E-state index contributed by atoms with van der Waals surface area (Å²) in [4.78, 5) is 15.8. The van der Waals surface area contributed by atoms with Gasteiger partial charge >= 0.3 is 0 Å². The van der Waals surface area contributed by atoms with E-state index in [9.17, 15) is 0 Å². The van der Waals surface area contributed by atoms with Crippen LogP contribution >= 0.6 is 0 Å². The Labute approximate surface area is 205 Å². The summed E-state index contributed by atoms with van der Waals surface area (Å²) >= 11 is 0. The number of nitrogens with zero attached hydrogens (tertiary/aromatic N) is 9. The molecule has 5 aromatic heterocycles. The zero-order chi connectivity index (χ0) is 24.5. The van der Waals surface area contributed by atoms with E-state index in [0.29, 0.717) is 34.6 Å². The Morgan fingerprint density at radius 3 is 2.81 bits per heavy atom. The first-order valence-corrected chi connectivity index (χ1v) is 11.5. The fourth-order valence-corrected chi connectivity index (χ4v) is 4.17. The van der Waals surface area contributed by atoms with Crippen LogP contribution in [0.25, 0.3) is 17.2 Å². The third-order valence-electron chi connectivity index (χ3n) is 5.93. The Kier molecular flexibility index (Phi) is 5.70. The van der Waals surface area contributed by atoms with E-state index in [4.69, 9.17) is 19.0 Å². The van der Waals surface area contributed by atoms with E-state index in [2.05, 4.69) is 41.4 Å². The molecule has 0 aliphatic carbocycles. The van der Waals surface area contributed by atoms with E-state index in [1.807, 2.05) is 19.1 Å². The second kappa shape index (κ2) is 9.30. The van der Waals surface area contributed by atoms with E-state index in [1.165, 1.54) is 5.56 Å². The van der Waals surface area contributed by atoms with Gasteiger partial charge in [0.1, 0.15) is 18.2 Å². The molecule has 36 heavy (non-hydrogen) atoms. The van der Waals surface area contributed by atoms with Crippen LogP contribution in [0.3, 0.4) is 0 Å². The summed E-state index contributed by atoms with van der Waals surface area (Å²) in [5, 5.41) is 16.9. The van der Waals surface area contributed by atoms with Crippen LogP contribution in [0, 0.1) is 6.92 Å². The van der Waals surface area contributed by atoms with Crippen molar-refractivity contribution in [2.24, 2.45) is 0 Å². The van der Waals surface area contributed by atoms with Gasteiger partial charge in [-0.15, -0.1) is 15.3 Å². The van der Waals surface area contributed by atoms with Crippen LogP contribution in [0.15, 0.2) is 47.2 Å². The van der Waals surface area contributed by atoms with Gasteiger partial charge in [-0.05, 0) is 24.6 Å². The molecule has 6 heterocycles. The first kappa shape index (κ1) is 22.0. The Morgan fingerprint density at radius 1 is 1.11 bits per heavy atom. The van der Waals surface area contributed by atoms with Crippen molar-refractivity contribution in [1.29, 1.82) is 0 Å². The summed E-state index contributed by atoms with van der Waals surface area (Å²) in [6.45, 7) is 4.48. The lowest BCUT2D eigenvalue weighted by Crippen LogP contribution is -2.31. The predicted molar refractivity (Wildman–Crippen MR) is 126 cm³/mol. The van der Waals surface area contributed by atoms with Crippen molar-refractivity contribution >= 4 is 5.65 Å². The van der Waals surface area contributed by atoms with Gasteiger partial charge in [0.05, 0.1) is 19.3 Å². The van der Waals surface area contributed by atoms with Gasteiger partial charge in [-0.2, -0.15) is 4.52 Å². The van der Waals surface area contributed by atoms with Crippen LogP contribution in [-0.2, 0) is 26.1 Å². The lowest BCUT2D eigenvalue weighted by molar-refractivity contribution is 0.235. The van der Waals surface area contributed by atoms with E-state index in [-0.39, 0.29) is 6.61 Å². The smallest absolute Gasteiger partial charge is 0.275 e. The number of methoxy groups -OCH3 is 1. The number of ether oxygens (including phenoxy) is 2. The Morgan fingerprint density at radius 2 is 2.00 bits per heavy atom. The molecule has 0 saturated carbocycles. The predicted octanol–water partition coefficient (Wildman–Crippen LogP) is 2.42. The highest BCUT2D eigenvalue weighted by atomic mass is 16.5. The molecule has 12 heteroatoms. The van der Waals surface area contributed by atoms with E-state index < -0.39 is 0 Å². The molecule has 1 aliphatic heterocycles. The largest absolute Gasteiger partial charge is 0.491 e. The maximum atomic E-state index is 6.03. The molecule has 0 fully saturated rings. The molecule has 0 amide bonds. The molecule has 0 radical (unpaired) electrons. The van der Waals surface area contributed by atoms with E-state index in [0.717, 1.165) is 43.3 Å². The fraction of sp³-hybridized carbons (Fsp3) is 0.292. The van der Waals surface area contributed by atoms with Crippen molar-refractivity contribution in [3.8, 4) is 23.1 Å². The van der Waals surface area contributed by atoms with Gasteiger partial charge in [0, 0.05) is 49.7 Å². The number of aryl methyl sites for hydroxylation is 1. The fourth-order valence-electron chi connectivity index (χ4n) is 4.17. The van der Waals surface area contributed by atoms with Crippen LogP contribution in [-0.4, -0.2) is 58.5 Å². The van der Waals surface area contributed by atoms with Gasteiger partial charge in [0.2, 0.25) is 5.82 Å². The zero-order valence-electron chi connectivity index (χ0n) is 19.8. The average molecular weight is 486 g/mol. The van der Waals surface area contributed by atoms with Gasteiger partial charge in [-0.25, -0.2) is 9.97 Å². The van der Waals surface area contributed by atoms with Crippen molar-refractivity contribution < 1.29 is 14.0 Å². The van der Waals surface area contributed by atoms with Crippen LogP contribution < -0.4 is 9.47 Å². The summed E-state index contributed by atoms with van der Waals surface area (Å²) in [7, 11) is 1.56. The van der Waals surface area contributed by atoms with Crippen LogP contribution in [0.2, 0.25) is 0 Å². The van der Waals surface area contributed by atoms with Crippen molar-refractivity contribution in [2.75, 3.05) is 13.7 Å². The lowest BCUT2D eigenvalue weighted by Gasteiger charge is -2.27. The third kappa shape index (κ3) is 4.33. The minimum Gasteiger partial charge on any atom is -0.491 e. The molecule has 0 atom stereocenters. The molecule has 182 valence electrons. The number of rotatable bonds is 7. The summed E-state index contributed by atoms with van der Waals surface area (Å²) in [5.74, 6) is 2.70. The normalized spacial score (nSPS) is 13.6. The minimum absolute atomic E-state index is 0.240. The molecular weight excluding hydrogens is 462 g/mol. The molecule has 0 saturated heterocycles. The molecular formula is C24H23N9O3. The second-order valence-electron chi connectivity index (χ2n) is 8.46. The van der Waals surface area contributed by atoms with Gasteiger partial charge in [0.25, 0.3) is 5.88 Å². The first-order valence-electron chi connectivity index (χ1n) is 11.5. The summed E-state index contributed by atoms with van der Waals surface area (Å²) in [5.41, 5.74) is 4.14. The molecule has 5 aromatic rings. The molecule has 0 bridgehead atoms. The van der Waals surface area contributed by atoms with Crippen LogP contribution in [0.1, 0.15) is 28.5 Å². The van der Waals surface area contributed by atoms with Gasteiger partial charge in [-0.3, -0.25) is 9.88 Å². The molecule has 12 nitrogen and oxygen atoms in total. The maximum absolute atomic E-state index is 6.03. The standard InChI is InChI=1S/C24H23N9O3/c1-15-10-19(31-36-15)23-29-28-22-11-20(34-2)24(30-33(22)23)35-14-17-5-4-16-12-32(9-6-18(16)27-17)13-21-25-7-3-8-26-21/h3-5,7-8,10-11H,6,9,12-14H2,1-2H3. The number of fused-ring (bicyclic) bond motifs is 2. The van der Waals surface area contributed by atoms with Crippen molar-refractivity contribution in [3.63, 3.8) is 0 Å². The second-order valence-corrected chi connectivity index (χ2v) is 8.46. The molecule has 0 unspecified atom stereocenters. The van der Waals surface area contributed by atoms with Crippen LogP contribution in [0.5, 0.6) is 11.6 Å². The Hall–Kier alpha value is -4.45. The van der Waals surface area contributed by atoms with Crippen molar-refractivity contribution in [3.05, 3.63) is 71.3 Å². The highest BCUT2D eigenvalue weighted by Gasteiger charge is 2.20. The molecule has 1 aliphatic rings. The zero-order valence-corrected chi connectivity index (χ0v) is 19.8. The number of hydrogen-bond acceptors (Lipinski definition) is 11. The molecule has 0 spiro atoms. The maximum Gasteiger partial charge on any atom is 0.275 e. The monoisotopic (exact) mass is 485 g/mol.